The smallest absolute Gasteiger partial charge is 0.261 e. The highest BCUT2D eigenvalue weighted by molar-refractivity contribution is 5.93. The normalized spacial score (nSPS) is 15.3. The van der Waals surface area contributed by atoms with E-state index in [1.807, 2.05) is 6.07 Å². The lowest BCUT2D eigenvalue weighted by Gasteiger charge is -2.17. The predicted octanol–water partition coefficient (Wildman–Crippen LogP) is 2.42. The summed E-state index contributed by atoms with van der Waals surface area (Å²) in [7, 11) is 0. The van der Waals surface area contributed by atoms with E-state index < -0.39 is 0 Å². The lowest BCUT2D eigenvalue weighted by Crippen LogP contribution is -2.32. The summed E-state index contributed by atoms with van der Waals surface area (Å²) in [6.45, 7) is 6.95. The van der Waals surface area contributed by atoms with Gasteiger partial charge in [-0.2, -0.15) is 0 Å². The van der Waals surface area contributed by atoms with Crippen molar-refractivity contribution in [3.05, 3.63) is 33.7 Å². The molecule has 2 rings (SSSR count). The van der Waals surface area contributed by atoms with Crippen molar-refractivity contribution >= 4 is 5.91 Å². The molecule has 0 saturated heterocycles. The van der Waals surface area contributed by atoms with Crippen molar-refractivity contribution in [3.8, 4) is 0 Å². The molecule has 0 radical (unpaired) electrons. The van der Waals surface area contributed by atoms with Crippen LogP contribution in [-0.4, -0.2) is 17.4 Å². The fraction of sp³-hybridized carbons (Fsp3) is 0.600. The second-order valence-corrected chi connectivity index (χ2v) is 6.50. The highest BCUT2D eigenvalue weighted by Crippen LogP contribution is 2.38. The highest BCUT2D eigenvalue weighted by atomic mass is 16.2. The van der Waals surface area contributed by atoms with E-state index in [0.717, 1.165) is 25.0 Å². The second kappa shape index (κ2) is 5.19. The number of H-pyrrole nitrogens is 1. The fourth-order valence-corrected chi connectivity index (χ4v) is 1.95. The average molecular weight is 262 g/mol. The van der Waals surface area contributed by atoms with E-state index in [2.05, 4.69) is 31.1 Å². The number of amides is 1. The Morgan fingerprint density at radius 2 is 2.05 bits per heavy atom. The van der Waals surface area contributed by atoms with Gasteiger partial charge < -0.3 is 10.3 Å². The molecule has 4 nitrogen and oxygen atoms in total. The van der Waals surface area contributed by atoms with Crippen LogP contribution in [0.1, 0.15) is 62.0 Å². The van der Waals surface area contributed by atoms with Crippen LogP contribution in [0.4, 0.5) is 0 Å². The molecule has 1 aromatic rings. The molecule has 2 N–H and O–H groups in total. The number of hydrogen-bond acceptors (Lipinski definition) is 2. The largest absolute Gasteiger partial charge is 0.352 e. The molecule has 19 heavy (non-hydrogen) atoms. The van der Waals surface area contributed by atoms with Crippen molar-refractivity contribution in [1.29, 1.82) is 0 Å². The Bertz CT molecular complexity index is 522. The Morgan fingerprint density at radius 1 is 1.37 bits per heavy atom. The second-order valence-electron chi connectivity index (χ2n) is 6.50. The van der Waals surface area contributed by atoms with Gasteiger partial charge in [0.2, 0.25) is 0 Å². The van der Waals surface area contributed by atoms with E-state index in [1.54, 1.807) is 6.07 Å². The van der Waals surface area contributed by atoms with Crippen molar-refractivity contribution in [1.82, 2.24) is 10.3 Å². The zero-order valence-electron chi connectivity index (χ0n) is 11.9. The Labute approximate surface area is 113 Å². The standard InChI is InChI=1S/C15H22N2O2/c1-15(2,3)8-9-16-13(18)11-6-7-12(10-4-5-10)17-14(11)19/h6-7,10H,4-5,8-9H2,1-3H3,(H,16,18)(H,17,19). The molecule has 1 heterocycles. The number of aromatic amines is 1. The van der Waals surface area contributed by atoms with Crippen LogP contribution < -0.4 is 10.9 Å². The van der Waals surface area contributed by atoms with Gasteiger partial charge >= 0.3 is 0 Å². The molecule has 0 unspecified atom stereocenters. The summed E-state index contributed by atoms with van der Waals surface area (Å²) in [5.41, 5.74) is 1.06. The first-order valence-electron chi connectivity index (χ1n) is 6.88. The van der Waals surface area contributed by atoms with Gasteiger partial charge in [-0.1, -0.05) is 20.8 Å². The summed E-state index contributed by atoms with van der Waals surface area (Å²) in [6.07, 6.45) is 3.15. The van der Waals surface area contributed by atoms with Crippen LogP contribution in [0.2, 0.25) is 0 Å². The van der Waals surface area contributed by atoms with E-state index in [9.17, 15) is 9.59 Å². The zero-order valence-corrected chi connectivity index (χ0v) is 11.9. The monoisotopic (exact) mass is 262 g/mol. The van der Waals surface area contributed by atoms with Crippen LogP contribution in [0, 0.1) is 5.41 Å². The topological polar surface area (TPSA) is 62.0 Å². The van der Waals surface area contributed by atoms with Gasteiger partial charge in [0.1, 0.15) is 5.56 Å². The maximum atomic E-state index is 11.9. The molecule has 1 aliphatic carbocycles. The van der Waals surface area contributed by atoms with Crippen LogP contribution >= 0.6 is 0 Å². The minimum absolute atomic E-state index is 0.176. The van der Waals surface area contributed by atoms with Gasteiger partial charge in [-0.3, -0.25) is 9.59 Å². The molecule has 1 amide bonds. The van der Waals surface area contributed by atoms with Gasteiger partial charge in [0.15, 0.2) is 0 Å². The molecule has 104 valence electrons. The quantitative estimate of drug-likeness (QED) is 0.875. The maximum absolute atomic E-state index is 11.9. The number of aromatic nitrogens is 1. The van der Waals surface area contributed by atoms with E-state index in [1.165, 1.54) is 0 Å². The molecular weight excluding hydrogens is 240 g/mol. The molecule has 0 aliphatic heterocycles. The first-order valence-corrected chi connectivity index (χ1v) is 6.88. The summed E-state index contributed by atoms with van der Waals surface area (Å²) < 4.78 is 0. The molecule has 0 bridgehead atoms. The van der Waals surface area contributed by atoms with Crippen molar-refractivity contribution in [2.45, 2.75) is 46.0 Å². The van der Waals surface area contributed by atoms with Gasteiger partial charge in [0.25, 0.3) is 11.5 Å². The predicted molar refractivity (Wildman–Crippen MR) is 75.4 cm³/mol. The highest BCUT2D eigenvalue weighted by Gasteiger charge is 2.25. The van der Waals surface area contributed by atoms with Gasteiger partial charge in [-0.05, 0) is 42.7 Å². The fourth-order valence-electron chi connectivity index (χ4n) is 1.95. The van der Waals surface area contributed by atoms with Gasteiger partial charge in [0, 0.05) is 12.2 Å². The summed E-state index contributed by atoms with van der Waals surface area (Å²) in [5, 5.41) is 2.80. The third-order valence-corrected chi connectivity index (χ3v) is 3.35. The molecule has 1 aliphatic rings. The van der Waals surface area contributed by atoms with Crippen LogP contribution in [0.15, 0.2) is 16.9 Å². The first kappa shape index (κ1) is 13.8. The minimum Gasteiger partial charge on any atom is -0.352 e. The molecule has 0 aromatic carbocycles. The van der Waals surface area contributed by atoms with Crippen molar-refractivity contribution < 1.29 is 4.79 Å². The van der Waals surface area contributed by atoms with Crippen LogP contribution in [-0.2, 0) is 0 Å². The van der Waals surface area contributed by atoms with Crippen LogP contribution in [0.25, 0.3) is 0 Å². The van der Waals surface area contributed by atoms with Crippen LogP contribution in [0.5, 0.6) is 0 Å². The number of rotatable bonds is 4. The Hall–Kier alpha value is -1.58. The Kier molecular flexibility index (Phi) is 3.78. The van der Waals surface area contributed by atoms with Crippen LogP contribution in [0.3, 0.4) is 0 Å². The summed E-state index contributed by atoms with van der Waals surface area (Å²) >= 11 is 0. The summed E-state index contributed by atoms with van der Waals surface area (Å²) in [4.78, 5) is 26.6. The number of carbonyl (C=O) groups is 1. The molecular formula is C15H22N2O2. The molecule has 0 spiro atoms. The Morgan fingerprint density at radius 3 is 2.58 bits per heavy atom. The van der Waals surface area contributed by atoms with Gasteiger partial charge in [-0.25, -0.2) is 0 Å². The number of hydrogen-bond donors (Lipinski definition) is 2. The third kappa shape index (κ3) is 3.94. The average Bonchev–Trinajstić information content (AvgIpc) is 3.10. The maximum Gasteiger partial charge on any atom is 0.261 e. The zero-order chi connectivity index (χ0) is 14.0. The van der Waals surface area contributed by atoms with E-state index in [0.29, 0.717) is 12.5 Å². The van der Waals surface area contributed by atoms with E-state index in [-0.39, 0.29) is 22.4 Å². The lowest BCUT2D eigenvalue weighted by atomic mass is 9.92. The molecule has 4 heteroatoms. The molecule has 1 fully saturated rings. The first-order chi connectivity index (χ1) is 8.87. The lowest BCUT2D eigenvalue weighted by molar-refractivity contribution is 0.0948. The van der Waals surface area contributed by atoms with Crippen molar-refractivity contribution in [2.24, 2.45) is 5.41 Å². The third-order valence-electron chi connectivity index (χ3n) is 3.35. The van der Waals surface area contributed by atoms with Crippen molar-refractivity contribution in [3.63, 3.8) is 0 Å². The van der Waals surface area contributed by atoms with Gasteiger partial charge in [-0.15, -0.1) is 0 Å². The van der Waals surface area contributed by atoms with E-state index in [4.69, 9.17) is 0 Å². The van der Waals surface area contributed by atoms with Crippen molar-refractivity contribution in [2.75, 3.05) is 6.54 Å². The number of carbonyl (C=O) groups excluding carboxylic acids is 1. The van der Waals surface area contributed by atoms with Gasteiger partial charge in [0.05, 0.1) is 0 Å². The SMILES string of the molecule is CC(C)(C)CCNC(=O)c1ccc(C2CC2)[nH]c1=O. The minimum atomic E-state index is -0.284. The number of nitrogens with one attached hydrogen (secondary N) is 2. The summed E-state index contributed by atoms with van der Waals surface area (Å²) in [5.74, 6) is 0.207. The summed E-state index contributed by atoms with van der Waals surface area (Å²) in [6, 6.07) is 3.50. The molecule has 0 atom stereocenters. The molecule has 1 aromatic heterocycles. The molecule has 1 saturated carbocycles. The van der Waals surface area contributed by atoms with E-state index >= 15 is 0 Å². The number of pyridine rings is 1. The Balaban J connectivity index is 1.97.